The van der Waals surface area contributed by atoms with Crippen molar-refractivity contribution in [1.29, 1.82) is 0 Å². The van der Waals surface area contributed by atoms with Crippen molar-refractivity contribution in [2.75, 3.05) is 5.32 Å². The van der Waals surface area contributed by atoms with E-state index < -0.39 is 36.0 Å². The SMILES string of the molecule is O=C(O)C=Cc1ccc(NC(=O)CC(F)(F)F)c(F)c1. The summed E-state index contributed by atoms with van der Waals surface area (Å²) in [6, 6.07) is 3.19. The van der Waals surface area contributed by atoms with Gasteiger partial charge in [0.25, 0.3) is 0 Å². The number of aliphatic carboxylic acids is 1. The molecule has 0 bridgehead atoms. The van der Waals surface area contributed by atoms with Crippen LogP contribution < -0.4 is 5.32 Å². The molecule has 1 aromatic rings. The van der Waals surface area contributed by atoms with Gasteiger partial charge in [-0.2, -0.15) is 13.2 Å². The molecular weight excluding hydrogens is 282 g/mol. The first kappa shape index (κ1) is 15.7. The Labute approximate surface area is 110 Å². The van der Waals surface area contributed by atoms with Crippen molar-refractivity contribution in [1.82, 2.24) is 0 Å². The first-order valence-corrected chi connectivity index (χ1v) is 5.24. The Morgan fingerprint density at radius 2 is 1.95 bits per heavy atom. The average molecular weight is 291 g/mol. The molecule has 108 valence electrons. The Hall–Kier alpha value is -2.38. The van der Waals surface area contributed by atoms with Crippen LogP contribution in [0.5, 0.6) is 0 Å². The third kappa shape index (κ3) is 5.51. The van der Waals surface area contributed by atoms with Crippen LogP contribution in [0.1, 0.15) is 12.0 Å². The molecule has 0 atom stereocenters. The number of halogens is 4. The highest BCUT2D eigenvalue weighted by atomic mass is 19.4. The fourth-order valence-electron chi connectivity index (χ4n) is 1.28. The van der Waals surface area contributed by atoms with Gasteiger partial charge in [0.05, 0.1) is 5.69 Å². The van der Waals surface area contributed by atoms with Gasteiger partial charge in [-0.3, -0.25) is 4.79 Å². The molecule has 0 aliphatic carbocycles. The maximum atomic E-state index is 13.5. The van der Waals surface area contributed by atoms with E-state index in [2.05, 4.69) is 0 Å². The Morgan fingerprint density at radius 3 is 2.45 bits per heavy atom. The van der Waals surface area contributed by atoms with Gasteiger partial charge in [-0.1, -0.05) is 6.07 Å². The maximum absolute atomic E-state index is 13.5. The fourth-order valence-corrected chi connectivity index (χ4v) is 1.28. The third-order valence-electron chi connectivity index (χ3n) is 2.05. The summed E-state index contributed by atoms with van der Waals surface area (Å²) in [5.74, 6) is -3.58. The second kappa shape index (κ2) is 6.18. The lowest BCUT2D eigenvalue weighted by Crippen LogP contribution is -2.21. The molecule has 2 N–H and O–H groups in total. The number of benzene rings is 1. The Morgan fingerprint density at radius 1 is 1.30 bits per heavy atom. The van der Waals surface area contributed by atoms with Crippen LogP contribution in [0.3, 0.4) is 0 Å². The molecule has 0 saturated carbocycles. The summed E-state index contributed by atoms with van der Waals surface area (Å²) in [4.78, 5) is 21.2. The van der Waals surface area contributed by atoms with Crippen molar-refractivity contribution in [3.63, 3.8) is 0 Å². The van der Waals surface area contributed by atoms with Crippen LogP contribution in [0.25, 0.3) is 6.08 Å². The lowest BCUT2D eigenvalue weighted by Gasteiger charge is -2.08. The van der Waals surface area contributed by atoms with E-state index in [4.69, 9.17) is 5.11 Å². The number of anilines is 1. The summed E-state index contributed by atoms with van der Waals surface area (Å²) < 4.78 is 49.3. The molecule has 1 aromatic carbocycles. The van der Waals surface area contributed by atoms with Gasteiger partial charge in [-0.25, -0.2) is 9.18 Å². The number of carbonyl (C=O) groups excluding carboxylic acids is 1. The molecule has 8 heteroatoms. The molecule has 0 radical (unpaired) electrons. The number of carboxylic acids is 1. The molecule has 1 rings (SSSR count). The monoisotopic (exact) mass is 291 g/mol. The largest absolute Gasteiger partial charge is 0.478 e. The van der Waals surface area contributed by atoms with Crippen molar-refractivity contribution in [3.8, 4) is 0 Å². The van der Waals surface area contributed by atoms with Crippen molar-refractivity contribution < 1.29 is 32.3 Å². The van der Waals surface area contributed by atoms with Crippen LogP contribution in [0.15, 0.2) is 24.3 Å². The minimum Gasteiger partial charge on any atom is -0.478 e. The molecule has 0 fully saturated rings. The molecule has 0 heterocycles. The average Bonchev–Trinajstić information content (AvgIpc) is 2.27. The normalized spacial score (nSPS) is 11.6. The Kier molecular flexibility index (Phi) is 4.84. The van der Waals surface area contributed by atoms with Gasteiger partial charge in [0.2, 0.25) is 5.91 Å². The number of rotatable bonds is 4. The van der Waals surface area contributed by atoms with Gasteiger partial charge in [-0.05, 0) is 23.8 Å². The number of hydrogen-bond donors (Lipinski definition) is 2. The first-order valence-electron chi connectivity index (χ1n) is 5.24. The van der Waals surface area contributed by atoms with E-state index in [9.17, 15) is 27.2 Å². The van der Waals surface area contributed by atoms with Crippen molar-refractivity contribution in [2.45, 2.75) is 12.6 Å². The predicted octanol–water partition coefficient (Wildman–Crippen LogP) is 2.81. The van der Waals surface area contributed by atoms with Crippen LogP contribution in [0.4, 0.5) is 23.2 Å². The Balaban J connectivity index is 2.78. The zero-order valence-electron chi connectivity index (χ0n) is 9.87. The lowest BCUT2D eigenvalue weighted by atomic mass is 10.2. The van der Waals surface area contributed by atoms with Gasteiger partial charge in [0, 0.05) is 6.08 Å². The third-order valence-corrected chi connectivity index (χ3v) is 2.05. The molecule has 20 heavy (non-hydrogen) atoms. The summed E-state index contributed by atoms with van der Waals surface area (Å²) >= 11 is 0. The molecule has 1 amide bonds. The highest BCUT2D eigenvalue weighted by molar-refractivity contribution is 5.91. The standard InChI is InChI=1S/C12H9F4NO3/c13-8-5-7(2-4-11(19)20)1-3-9(8)17-10(18)6-12(14,15)16/h1-5H,6H2,(H,17,18)(H,19,20). The zero-order chi connectivity index (χ0) is 15.3. The van der Waals surface area contributed by atoms with Crippen molar-refractivity contribution >= 4 is 23.6 Å². The van der Waals surface area contributed by atoms with Gasteiger partial charge in [-0.15, -0.1) is 0 Å². The molecule has 0 aliphatic rings. The predicted molar refractivity (Wildman–Crippen MR) is 62.4 cm³/mol. The summed E-state index contributed by atoms with van der Waals surface area (Å²) in [5.41, 5.74) is -0.217. The zero-order valence-corrected chi connectivity index (χ0v) is 9.87. The smallest absolute Gasteiger partial charge is 0.397 e. The molecule has 4 nitrogen and oxygen atoms in total. The highest BCUT2D eigenvalue weighted by Gasteiger charge is 2.31. The van der Waals surface area contributed by atoms with Crippen LogP contribution in [0, 0.1) is 5.82 Å². The van der Waals surface area contributed by atoms with Crippen LogP contribution in [-0.2, 0) is 9.59 Å². The molecule has 0 aromatic heterocycles. The van der Waals surface area contributed by atoms with Gasteiger partial charge in [0.1, 0.15) is 12.2 Å². The van der Waals surface area contributed by atoms with Crippen LogP contribution in [0.2, 0.25) is 0 Å². The van der Waals surface area contributed by atoms with E-state index in [0.29, 0.717) is 0 Å². The summed E-state index contributed by atoms with van der Waals surface area (Å²) in [7, 11) is 0. The molecule has 0 saturated heterocycles. The van der Waals surface area contributed by atoms with E-state index in [1.807, 2.05) is 0 Å². The first-order chi connectivity index (χ1) is 9.17. The number of carboxylic acid groups (broad SMARTS) is 1. The Bertz CT molecular complexity index is 552. The lowest BCUT2D eigenvalue weighted by molar-refractivity contribution is -0.150. The van der Waals surface area contributed by atoms with E-state index in [-0.39, 0.29) is 5.56 Å². The number of hydrogen-bond acceptors (Lipinski definition) is 2. The van der Waals surface area contributed by atoms with Gasteiger partial charge >= 0.3 is 12.1 Å². The summed E-state index contributed by atoms with van der Waals surface area (Å²) in [6.07, 6.45) is -4.51. The summed E-state index contributed by atoms with van der Waals surface area (Å²) in [5, 5.41) is 10.2. The quantitative estimate of drug-likeness (QED) is 0.662. The van der Waals surface area contributed by atoms with E-state index in [1.54, 1.807) is 5.32 Å². The van der Waals surface area contributed by atoms with Crippen molar-refractivity contribution in [2.24, 2.45) is 0 Å². The number of carbonyl (C=O) groups is 2. The molecular formula is C12H9F4NO3. The minimum atomic E-state index is -4.68. The number of amides is 1. The molecule has 0 aliphatic heterocycles. The maximum Gasteiger partial charge on any atom is 0.397 e. The van der Waals surface area contributed by atoms with Crippen LogP contribution >= 0.6 is 0 Å². The molecule has 0 unspecified atom stereocenters. The second-order valence-corrected chi connectivity index (χ2v) is 3.75. The second-order valence-electron chi connectivity index (χ2n) is 3.75. The van der Waals surface area contributed by atoms with Gasteiger partial charge in [0.15, 0.2) is 0 Å². The summed E-state index contributed by atoms with van der Waals surface area (Å²) in [6.45, 7) is 0. The number of nitrogens with one attached hydrogen (secondary N) is 1. The van der Waals surface area contributed by atoms with Crippen LogP contribution in [-0.4, -0.2) is 23.2 Å². The van der Waals surface area contributed by atoms with E-state index in [1.165, 1.54) is 6.07 Å². The topological polar surface area (TPSA) is 66.4 Å². The van der Waals surface area contributed by atoms with Crippen molar-refractivity contribution in [3.05, 3.63) is 35.7 Å². The fraction of sp³-hybridized carbons (Fsp3) is 0.167. The molecule has 0 spiro atoms. The van der Waals surface area contributed by atoms with Gasteiger partial charge < -0.3 is 10.4 Å². The minimum absolute atomic E-state index is 0.193. The highest BCUT2D eigenvalue weighted by Crippen LogP contribution is 2.22. The number of alkyl halides is 3. The van der Waals surface area contributed by atoms with E-state index in [0.717, 1.165) is 24.3 Å². The van der Waals surface area contributed by atoms with E-state index >= 15 is 0 Å².